The fourth-order valence-corrected chi connectivity index (χ4v) is 2.81. The Morgan fingerprint density at radius 2 is 2.17 bits per heavy atom. The highest BCUT2D eigenvalue weighted by molar-refractivity contribution is 9.11. The zero-order valence-electron chi connectivity index (χ0n) is 9.73. The molecule has 0 atom stereocenters. The molecule has 0 aliphatic carbocycles. The van der Waals surface area contributed by atoms with E-state index in [-0.39, 0.29) is 5.78 Å². The van der Waals surface area contributed by atoms with E-state index in [2.05, 4.69) is 41.8 Å². The first-order valence-corrected chi connectivity index (χ1v) is 6.97. The van der Waals surface area contributed by atoms with Crippen molar-refractivity contribution in [3.8, 4) is 0 Å². The summed E-state index contributed by atoms with van der Waals surface area (Å²) in [4.78, 5) is 20.4. The molecule has 0 unspecified atom stereocenters. The van der Waals surface area contributed by atoms with Gasteiger partial charge in [0.15, 0.2) is 5.78 Å². The third-order valence-electron chi connectivity index (χ3n) is 2.57. The van der Waals surface area contributed by atoms with Gasteiger partial charge in [0.1, 0.15) is 11.5 Å². The molecule has 0 saturated carbocycles. The maximum atomic E-state index is 12.0. The number of carbonyl (C=O) groups excluding carboxylic acids is 1. The molecule has 0 radical (unpaired) electrons. The Morgan fingerprint density at radius 3 is 2.78 bits per heavy atom. The van der Waals surface area contributed by atoms with Crippen LogP contribution >= 0.6 is 31.9 Å². The summed E-state index contributed by atoms with van der Waals surface area (Å²) >= 11 is 6.66. The van der Waals surface area contributed by atoms with Gasteiger partial charge in [-0.05, 0) is 37.9 Å². The predicted molar refractivity (Wildman–Crippen MR) is 75.5 cm³/mol. The van der Waals surface area contributed by atoms with Crippen LogP contribution in [0.1, 0.15) is 22.7 Å². The van der Waals surface area contributed by atoms with Gasteiger partial charge in [0.25, 0.3) is 0 Å². The number of imidazole rings is 1. The second kappa shape index (κ2) is 5.75. The smallest absolute Gasteiger partial charge is 0.182 e. The first-order valence-electron chi connectivity index (χ1n) is 5.38. The standard InChI is InChI=1S/C12H11Br2N3O/c1-17-5-4-15-11(17)3-2-10(18)12-9(14)6-8(13)7-16-12/h4-7H,2-3H2,1H3. The molecule has 0 N–H and O–H groups in total. The van der Waals surface area contributed by atoms with E-state index < -0.39 is 0 Å². The average molecular weight is 373 g/mol. The first kappa shape index (κ1) is 13.4. The van der Waals surface area contributed by atoms with Gasteiger partial charge < -0.3 is 4.57 Å². The van der Waals surface area contributed by atoms with E-state index in [1.54, 1.807) is 12.4 Å². The molecule has 0 saturated heterocycles. The van der Waals surface area contributed by atoms with Crippen molar-refractivity contribution in [1.29, 1.82) is 0 Å². The number of aryl methyl sites for hydroxylation is 2. The Kier molecular flexibility index (Phi) is 4.29. The van der Waals surface area contributed by atoms with Crippen LogP contribution in [0, 0.1) is 0 Å². The minimum atomic E-state index is 0.0115. The maximum absolute atomic E-state index is 12.0. The minimum Gasteiger partial charge on any atom is -0.338 e. The molecule has 2 heterocycles. The predicted octanol–water partition coefficient (Wildman–Crippen LogP) is 3.16. The number of Topliss-reactive ketones (excluding diaryl/α,β-unsaturated/α-hetero) is 1. The highest BCUT2D eigenvalue weighted by Crippen LogP contribution is 2.21. The summed E-state index contributed by atoms with van der Waals surface area (Å²) in [6, 6.07) is 1.82. The number of aromatic nitrogens is 3. The maximum Gasteiger partial charge on any atom is 0.182 e. The van der Waals surface area contributed by atoms with Crippen LogP contribution in [0.4, 0.5) is 0 Å². The molecule has 2 rings (SSSR count). The Balaban J connectivity index is 2.06. The lowest BCUT2D eigenvalue weighted by atomic mass is 10.1. The van der Waals surface area contributed by atoms with Crippen LogP contribution in [-0.4, -0.2) is 20.3 Å². The van der Waals surface area contributed by atoms with Crippen LogP contribution in [0.3, 0.4) is 0 Å². The largest absolute Gasteiger partial charge is 0.338 e. The van der Waals surface area contributed by atoms with Gasteiger partial charge in [-0.3, -0.25) is 9.78 Å². The lowest BCUT2D eigenvalue weighted by Gasteiger charge is -2.04. The molecule has 94 valence electrons. The number of pyridine rings is 1. The summed E-state index contributed by atoms with van der Waals surface area (Å²) in [5, 5.41) is 0. The second-order valence-electron chi connectivity index (χ2n) is 3.86. The van der Waals surface area contributed by atoms with Crippen molar-refractivity contribution in [3.05, 3.63) is 45.1 Å². The van der Waals surface area contributed by atoms with E-state index in [9.17, 15) is 4.79 Å². The van der Waals surface area contributed by atoms with Gasteiger partial charge in [-0.15, -0.1) is 0 Å². The molecule has 2 aromatic rings. The van der Waals surface area contributed by atoms with Crippen LogP contribution < -0.4 is 0 Å². The van der Waals surface area contributed by atoms with E-state index in [0.29, 0.717) is 23.0 Å². The molecule has 0 amide bonds. The third kappa shape index (κ3) is 3.05. The van der Waals surface area contributed by atoms with E-state index in [0.717, 1.165) is 10.3 Å². The molecule has 6 heteroatoms. The van der Waals surface area contributed by atoms with Gasteiger partial charge in [-0.25, -0.2) is 4.98 Å². The fraction of sp³-hybridized carbons (Fsp3) is 0.250. The van der Waals surface area contributed by atoms with Gasteiger partial charge in [0.05, 0.1) is 0 Å². The second-order valence-corrected chi connectivity index (χ2v) is 5.63. The van der Waals surface area contributed by atoms with Crippen LogP contribution in [0.25, 0.3) is 0 Å². The Hall–Kier alpha value is -1.01. The molecular weight excluding hydrogens is 362 g/mol. The number of halogens is 2. The molecule has 0 aliphatic rings. The van der Waals surface area contributed by atoms with E-state index in [4.69, 9.17) is 0 Å². The molecule has 0 aliphatic heterocycles. The summed E-state index contributed by atoms with van der Waals surface area (Å²) < 4.78 is 3.47. The van der Waals surface area contributed by atoms with E-state index in [1.807, 2.05) is 23.9 Å². The molecule has 0 fully saturated rings. The fourth-order valence-electron chi connectivity index (χ4n) is 1.60. The van der Waals surface area contributed by atoms with E-state index >= 15 is 0 Å². The van der Waals surface area contributed by atoms with Crippen molar-refractivity contribution in [1.82, 2.24) is 14.5 Å². The molecule has 0 aromatic carbocycles. The molecule has 0 bridgehead atoms. The Labute approximate surface area is 122 Å². The van der Waals surface area contributed by atoms with Crippen LogP contribution in [-0.2, 0) is 13.5 Å². The molecule has 4 nitrogen and oxygen atoms in total. The lowest BCUT2D eigenvalue weighted by Crippen LogP contribution is -2.07. The summed E-state index contributed by atoms with van der Waals surface area (Å²) in [7, 11) is 1.92. The zero-order valence-corrected chi connectivity index (χ0v) is 12.9. The summed E-state index contributed by atoms with van der Waals surface area (Å²) in [5.41, 5.74) is 0.465. The van der Waals surface area contributed by atoms with Crippen molar-refractivity contribution in [2.45, 2.75) is 12.8 Å². The molecule has 18 heavy (non-hydrogen) atoms. The van der Waals surface area contributed by atoms with Gasteiger partial charge in [-0.1, -0.05) is 0 Å². The van der Waals surface area contributed by atoms with Crippen molar-refractivity contribution in [2.75, 3.05) is 0 Å². The number of rotatable bonds is 4. The molecule has 2 aromatic heterocycles. The Bertz CT molecular complexity index is 580. The van der Waals surface area contributed by atoms with Crippen LogP contribution in [0.15, 0.2) is 33.6 Å². The summed E-state index contributed by atoms with van der Waals surface area (Å²) in [5.74, 6) is 0.911. The van der Waals surface area contributed by atoms with Crippen LogP contribution in [0.2, 0.25) is 0 Å². The lowest BCUT2D eigenvalue weighted by molar-refractivity contribution is 0.0976. The van der Waals surface area contributed by atoms with Gasteiger partial charge in [0, 0.05) is 47.4 Å². The number of carbonyl (C=O) groups is 1. The topological polar surface area (TPSA) is 47.8 Å². The monoisotopic (exact) mass is 371 g/mol. The molecule has 0 spiro atoms. The van der Waals surface area contributed by atoms with Crippen molar-refractivity contribution in [3.63, 3.8) is 0 Å². The molecular formula is C12H11Br2N3O. The number of hydrogen-bond acceptors (Lipinski definition) is 3. The average Bonchev–Trinajstić information content (AvgIpc) is 2.72. The highest BCUT2D eigenvalue weighted by atomic mass is 79.9. The Morgan fingerprint density at radius 1 is 1.39 bits per heavy atom. The first-order chi connectivity index (χ1) is 8.58. The third-order valence-corrected chi connectivity index (χ3v) is 3.61. The normalized spacial score (nSPS) is 10.6. The number of hydrogen-bond donors (Lipinski definition) is 0. The van der Waals surface area contributed by atoms with Crippen molar-refractivity contribution < 1.29 is 4.79 Å². The quantitative estimate of drug-likeness (QED) is 0.774. The number of nitrogens with zero attached hydrogens (tertiary/aromatic N) is 3. The van der Waals surface area contributed by atoms with Crippen molar-refractivity contribution >= 4 is 37.6 Å². The SMILES string of the molecule is Cn1ccnc1CCC(=O)c1ncc(Br)cc1Br. The van der Waals surface area contributed by atoms with Gasteiger partial charge >= 0.3 is 0 Å². The van der Waals surface area contributed by atoms with Gasteiger partial charge in [0.2, 0.25) is 0 Å². The minimum absolute atomic E-state index is 0.0115. The van der Waals surface area contributed by atoms with E-state index in [1.165, 1.54) is 0 Å². The zero-order chi connectivity index (χ0) is 13.1. The summed E-state index contributed by atoms with van der Waals surface area (Å²) in [6.45, 7) is 0. The van der Waals surface area contributed by atoms with Crippen molar-refractivity contribution in [2.24, 2.45) is 7.05 Å². The van der Waals surface area contributed by atoms with Gasteiger partial charge in [-0.2, -0.15) is 0 Å². The summed E-state index contributed by atoms with van der Waals surface area (Å²) in [6.07, 6.45) is 6.24. The highest BCUT2D eigenvalue weighted by Gasteiger charge is 2.13. The number of ketones is 1. The van der Waals surface area contributed by atoms with Crippen LogP contribution in [0.5, 0.6) is 0 Å².